The minimum absolute atomic E-state index is 0.154. The fraction of sp³-hybridized carbons (Fsp3) is 0.250. The molecule has 0 aromatic heterocycles. The number of thioether (sulfide) groups is 1. The Morgan fingerprint density at radius 3 is 2.60 bits per heavy atom. The van der Waals surface area contributed by atoms with Crippen LogP contribution in [0, 0.1) is 6.92 Å². The second kappa shape index (κ2) is 11.8. The molecule has 1 aliphatic heterocycles. The van der Waals surface area contributed by atoms with E-state index in [0.29, 0.717) is 27.8 Å². The van der Waals surface area contributed by atoms with E-state index in [-0.39, 0.29) is 24.0 Å². The highest BCUT2D eigenvalue weighted by atomic mass is 35.5. The van der Waals surface area contributed by atoms with Gasteiger partial charge in [0.1, 0.15) is 6.54 Å². The van der Waals surface area contributed by atoms with Crippen LogP contribution in [0.5, 0.6) is 11.5 Å². The summed E-state index contributed by atoms with van der Waals surface area (Å²) in [5, 5.41) is 2.69. The first kappa shape index (κ1) is 26.1. The maximum absolute atomic E-state index is 12.5. The lowest BCUT2D eigenvalue weighted by Gasteiger charge is -2.12. The van der Waals surface area contributed by atoms with Gasteiger partial charge in [0.05, 0.1) is 18.6 Å². The lowest BCUT2D eigenvalue weighted by molar-refractivity contribution is -0.146. The highest BCUT2D eigenvalue weighted by Crippen LogP contribution is 2.34. The Balaban J connectivity index is 1.65. The smallest absolute Gasteiger partial charge is 0.326 e. The highest BCUT2D eigenvalue weighted by molar-refractivity contribution is 8.18. The molecule has 35 heavy (non-hydrogen) atoms. The molecular weight excluding hydrogens is 496 g/mol. The van der Waals surface area contributed by atoms with E-state index in [1.807, 2.05) is 6.92 Å². The van der Waals surface area contributed by atoms with Crippen LogP contribution in [0.25, 0.3) is 6.08 Å². The average molecular weight is 519 g/mol. The van der Waals surface area contributed by atoms with Gasteiger partial charge >= 0.3 is 5.97 Å². The largest absolute Gasteiger partial charge is 0.493 e. The van der Waals surface area contributed by atoms with E-state index in [2.05, 4.69) is 5.32 Å². The third-order valence-electron chi connectivity index (χ3n) is 4.77. The lowest BCUT2D eigenvalue weighted by atomic mass is 10.2. The summed E-state index contributed by atoms with van der Waals surface area (Å²) in [5.74, 6) is -0.979. The second-order valence-corrected chi connectivity index (χ2v) is 8.68. The van der Waals surface area contributed by atoms with Crippen LogP contribution in [0.4, 0.5) is 10.5 Å². The average Bonchev–Trinajstić information content (AvgIpc) is 3.08. The van der Waals surface area contributed by atoms with Gasteiger partial charge in [-0.25, -0.2) is 0 Å². The van der Waals surface area contributed by atoms with Gasteiger partial charge < -0.3 is 19.5 Å². The van der Waals surface area contributed by atoms with E-state index >= 15 is 0 Å². The number of methoxy groups -OCH3 is 1. The number of hydrogen-bond donors (Lipinski definition) is 1. The van der Waals surface area contributed by atoms with Crippen molar-refractivity contribution in [3.8, 4) is 11.5 Å². The zero-order valence-corrected chi connectivity index (χ0v) is 20.8. The molecule has 3 amide bonds. The van der Waals surface area contributed by atoms with Crippen LogP contribution in [-0.2, 0) is 19.1 Å². The molecule has 1 N–H and O–H groups in total. The summed E-state index contributed by atoms with van der Waals surface area (Å²) in [4.78, 5) is 49.6. The Morgan fingerprint density at radius 2 is 1.91 bits per heavy atom. The molecule has 9 nitrogen and oxygen atoms in total. The van der Waals surface area contributed by atoms with E-state index in [1.165, 1.54) is 13.2 Å². The number of nitrogens with zero attached hydrogens (tertiary/aromatic N) is 1. The Bertz CT molecular complexity index is 1200. The molecule has 1 aliphatic rings. The number of hydrogen-bond acceptors (Lipinski definition) is 8. The molecule has 1 saturated heterocycles. The van der Waals surface area contributed by atoms with Crippen molar-refractivity contribution in [2.75, 3.05) is 32.2 Å². The molecule has 3 rings (SSSR count). The molecule has 2 aromatic carbocycles. The van der Waals surface area contributed by atoms with Crippen molar-refractivity contribution < 1.29 is 33.4 Å². The minimum atomic E-state index is -0.659. The Kier molecular flexibility index (Phi) is 8.78. The molecule has 0 spiro atoms. The first-order valence-electron chi connectivity index (χ1n) is 10.5. The number of benzene rings is 2. The molecule has 1 fully saturated rings. The number of aryl methyl sites for hydroxylation is 1. The standard InChI is InChI=1S/C24H23ClN2O7S/c1-4-33-22(29)12-27-23(30)20(35-24(27)31)10-15-6-8-18(19(9-15)32-3)34-13-21(28)26-16-7-5-14(2)17(25)11-16/h5-11H,4,12-13H2,1-3H3,(H,26,28)/b20-10-. The third kappa shape index (κ3) is 6.77. The van der Waals surface area contributed by atoms with Gasteiger partial charge in [0, 0.05) is 10.7 Å². The maximum atomic E-state index is 12.5. The second-order valence-electron chi connectivity index (χ2n) is 7.28. The van der Waals surface area contributed by atoms with Crippen molar-refractivity contribution in [3.05, 3.63) is 57.5 Å². The van der Waals surface area contributed by atoms with Crippen LogP contribution in [0.3, 0.4) is 0 Å². The Labute approximate surface area is 211 Å². The third-order valence-corrected chi connectivity index (χ3v) is 6.08. The van der Waals surface area contributed by atoms with Crippen molar-refractivity contribution in [2.24, 2.45) is 0 Å². The number of imide groups is 1. The monoisotopic (exact) mass is 518 g/mol. The number of anilines is 1. The van der Waals surface area contributed by atoms with Crippen LogP contribution < -0.4 is 14.8 Å². The number of carbonyl (C=O) groups excluding carboxylic acids is 4. The zero-order valence-electron chi connectivity index (χ0n) is 19.3. The van der Waals surface area contributed by atoms with E-state index in [4.69, 9.17) is 25.8 Å². The van der Waals surface area contributed by atoms with Gasteiger partial charge in [0.15, 0.2) is 18.1 Å². The van der Waals surface area contributed by atoms with Crippen molar-refractivity contribution in [2.45, 2.75) is 13.8 Å². The molecule has 0 bridgehead atoms. The number of amides is 3. The van der Waals surface area contributed by atoms with Gasteiger partial charge in [0.25, 0.3) is 17.1 Å². The summed E-state index contributed by atoms with van der Waals surface area (Å²) >= 11 is 6.80. The summed E-state index contributed by atoms with van der Waals surface area (Å²) < 4.78 is 15.7. The lowest BCUT2D eigenvalue weighted by Crippen LogP contribution is -2.34. The van der Waals surface area contributed by atoms with Crippen LogP contribution in [0.2, 0.25) is 5.02 Å². The minimum Gasteiger partial charge on any atom is -0.493 e. The Hall–Kier alpha value is -3.50. The molecule has 0 radical (unpaired) electrons. The summed E-state index contributed by atoms with van der Waals surface area (Å²) in [5.41, 5.74) is 2.01. The predicted molar refractivity (Wildman–Crippen MR) is 133 cm³/mol. The van der Waals surface area contributed by atoms with Gasteiger partial charge in [-0.2, -0.15) is 0 Å². The summed E-state index contributed by atoms with van der Waals surface area (Å²) in [7, 11) is 1.44. The molecule has 11 heteroatoms. The molecule has 2 aromatic rings. The fourth-order valence-corrected chi connectivity index (χ4v) is 4.05. The molecular formula is C24H23ClN2O7S. The number of halogens is 1. The number of nitrogens with one attached hydrogen (secondary N) is 1. The van der Waals surface area contributed by atoms with E-state index in [9.17, 15) is 19.2 Å². The van der Waals surface area contributed by atoms with E-state index < -0.39 is 23.7 Å². The summed E-state index contributed by atoms with van der Waals surface area (Å²) in [6.07, 6.45) is 1.51. The highest BCUT2D eigenvalue weighted by Gasteiger charge is 2.36. The van der Waals surface area contributed by atoms with Crippen molar-refractivity contribution in [1.82, 2.24) is 4.90 Å². The SMILES string of the molecule is CCOC(=O)CN1C(=O)S/C(=C\c2ccc(OCC(=O)Nc3ccc(C)c(Cl)c3)c(OC)c2)C1=O. The van der Waals surface area contributed by atoms with E-state index in [0.717, 1.165) is 22.2 Å². The molecule has 0 unspecified atom stereocenters. The van der Waals surface area contributed by atoms with Crippen LogP contribution in [0.15, 0.2) is 41.3 Å². The van der Waals surface area contributed by atoms with Gasteiger partial charge in [-0.15, -0.1) is 0 Å². The topological polar surface area (TPSA) is 111 Å². The molecule has 1 heterocycles. The normalized spacial score (nSPS) is 14.3. The molecule has 184 valence electrons. The number of ether oxygens (including phenoxy) is 3. The van der Waals surface area contributed by atoms with Crippen LogP contribution in [-0.4, -0.2) is 54.8 Å². The number of carbonyl (C=O) groups is 4. The maximum Gasteiger partial charge on any atom is 0.326 e. The van der Waals surface area contributed by atoms with Crippen LogP contribution >= 0.6 is 23.4 Å². The van der Waals surface area contributed by atoms with Gasteiger partial charge in [-0.05, 0) is 67.1 Å². The summed E-state index contributed by atoms with van der Waals surface area (Å²) in [6.45, 7) is 2.94. The zero-order chi connectivity index (χ0) is 25.5. The van der Waals surface area contributed by atoms with Gasteiger partial charge in [-0.1, -0.05) is 23.7 Å². The number of rotatable bonds is 9. The van der Waals surface area contributed by atoms with Crippen molar-refractivity contribution in [3.63, 3.8) is 0 Å². The van der Waals surface area contributed by atoms with Crippen molar-refractivity contribution in [1.29, 1.82) is 0 Å². The van der Waals surface area contributed by atoms with Crippen molar-refractivity contribution >= 4 is 58.1 Å². The quantitative estimate of drug-likeness (QED) is 0.387. The molecule has 0 saturated carbocycles. The fourth-order valence-electron chi connectivity index (χ4n) is 3.03. The van der Waals surface area contributed by atoms with Gasteiger partial charge in [-0.3, -0.25) is 24.1 Å². The number of esters is 1. The van der Waals surface area contributed by atoms with Gasteiger partial charge in [0.2, 0.25) is 0 Å². The van der Waals surface area contributed by atoms with E-state index in [1.54, 1.807) is 43.3 Å². The predicted octanol–water partition coefficient (Wildman–Crippen LogP) is 4.27. The first-order valence-corrected chi connectivity index (χ1v) is 11.7. The summed E-state index contributed by atoms with van der Waals surface area (Å²) in [6, 6.07) is 10.0. The Morgan fingerprint density at radius 1 is 1.14 bits per heavy atom. The van der Waals surface area contributed by atoms with Crippen LogP contribution in [0.1, 0.15) is 18.1 Å². The molecule has 0 atom stereocenters. The first-order chi connectivity index (χ1) is 16.7. The molecule has 0 aliphatic carbocycles.